The molecule has 1 spiro atoms. The lowest BCUT2D eigenvalue weighted by Gasteiger charge is -2.51. The van der Waals surface area contributed by atoms with Crippen LogP contribution in [0.15, 0.2) is 0 Å². The maximum Gasteiger partial charge on any atom is 0.0726 e. The number of nitrogens with one attached hydrogen (secondary N) is 1. The van der Waals surface area contributed by atoms with Crippen LogP contribution < -0.4 is 5.32 Å². The minimum atomic E-state index is 0.422. The van der Waals surface area contributed by atoms with E-state index in [4.69, 9.17) is 4.74 Å². The fraction of sp³-hybridized carbons (Fsp3) is 1.00. The molecule has 3 unspecified atom stereocenters. The highest BCUT2D eigenvalue weighted by Gasteiger charge is 2.43. The Hall–Kier alpha value is -0.120. The summed E-state index contributed by atoms with van der Waals surface area (Å²) in [6, 6.07) is 1.33. The van der Waals surface area contributed by atoms with E-state index in [-0.39, 0.29) is 0 Å². The quantitative estimate of drug-likeness (QED) is 0.831. The van der Waals surface area contributed by atoms with Crippen LogP contribution in [-0.4, -0.2) is 48.8 Å². The summed E-state index contributed by atoms with van der Waals surface area (Å²) < 4.78 is 5.74. The second kappa shape index (κ2) is 5.71. The standard InChI is InChI=1S/C16H30N2O/c1-13-11-17-16(9-4-3-5-10-16)12-18(13)14-7-6-8-15(14)19-2/h13-15,17H,3-12H2,1-2H3. The summed E-state index contributed by atoms with van der Waals surface area (Å²) in [5, 5.41) is 3.89. The van der Waals surface area contributed by atoms with Crippen molar-refractivity contribution in [2.75, 3.05) is 20.2 Å². The van der Waals surface area contributed by atoms with Crippen molar-refractivity contribution in [3.63, 3.8) is 0 Å². The van der Waals surface area contributed by atoms with Gasteiger partial charge in [0.1, 0.15) is 0 Å². The summed E-state index contributed by atoms with van der Waals surface area (Å²) in [5.74, 6) is 0. The van der Waals surface area contributed by atoms with E-state index in [2.05, 4.69) is 17.1 Å². The van der Waals surface area contributed by atoms with Gasteiger partial charge in [0.05, 0.1) is 6.10 Å². The lowest BCUT2D eigenvalue weighted by atomic mass is 9.79. The predicted octanol–water partition coefficient (Wildman–Crippen LogP) is 2.55. The molecule has 1 aliphatic heterocycles. The molecule has 3 aliphatic rings. The molecular weight excluding hydrogens is 236 g/mol. The van der Waals surface area contributed by atoms with Crippen LogP contribution >= 0.6 is 0 Å². The van der Waals surface area contributed by atoms with Crippen LogP contribution in [0, 0.1) is 0 Å². The first-order valence-corrected chi connectivity index (χ1v) is 8.28. The third kappa shape index (κ3) is 2.70. The van der Waals surface area contributed by atoms with Crippen molar-refractivity contribution in [3.05, 3.63) is 0 Å². The zero-order chi connectivity index (χ0) is 13.3. The molecule has 0 aromatic carbocycles. The molecule has 0 amide bonds. The van der Waals surface area contributed by atoms with Gasteiger partial charge in [-0.25, -0.2) is 0 Å². The van der Waals surface area contributed by atoms with Crippen molar-refractivity contribution in [1.82, 2.24) is 10.2 Å². The van der Waals surface area contributed by atoms with Crippen LogP contribution in [0.2, 0.25) is 0 Å². The molecule has 19 heavy (non-hydrogen) atoms. The van der Waals surface area contributed by atoms with Gasteiger partial charge in [-0.1, -0.05) is 19.3 Å². The lowest BCUT2D eigenvalue weighted by Crippen LogP contribution is -2.66. The van der Waals surface area contributed by atoms with E-state index in [1.54, 1.807) is 0 Å². The van der Waals surface area contributed by atoms with E-state index in [0.717, 1.165) is 6.54 Å². The van der Waals surface area contributed by atoms with Crippen LogP contribution in [0.1, 0.15) is 58.3 Å². The van der Waals surface area contributed by atoms with E-state index < -0.39 is 0 Å². The molecule has 1 heterocycles. The average Bonchev–Trinajstić information content (AvgIpc) is 2.91. The largest absolute Gasteiger partial charge is 0.380 e. The Morgan fingerprint density at radius 3 is 2.63 bits per heavy atom. The van der Waals surface area contributed by atoms with Gasteiger partial charge in [0.2, 0.25) is 0 Å². The third-order valence-corrected chi connectivity index (χ3v) is 5.78. The van der Waals surface area contributed by atoms with Gasteiger partial charge in [0, 0.05) is 37.8 Å². The SMILES string of the molecule is COC1CCCC1N1CC2(CCCCC2)NCC1C. The molecule has 1 saturated heterocycles. The second-order valence-electron chi connectivity index (χ2n) is 7.02. The predicted molar refractivity (Wildman–Crippen MR) is 78.4 cm³/mol. The van der Waals surface area contributed by atoms with Crippen molar-refractivity contribution < 1.29 is 4.74 Å². The molecule has 0 aromatic heterocycles. The zero-order valence-corrected chi connectivity index (χ0v) is 12.7. The Kier molecular flexibility index (Phi) is 4.16. The number of methoxy groups -OCH3 is 1. The normalized spacial score (nSPS) is 39.8. The summed E-state index contributed by atoms with van der Waals surface area (Å²) >= 11 is 0. The topological polar surface area (TPSA) is 24.5 Å². The molecule has 110 valence electrons. The average molecular weight is 266 g/mol. The van der Waals surface area contributed by atoms with Gasteiger partial charge >= 0.3 is 0 Å². The Morgan fingerprint density at radius 2 is 1.89 bits per heavy atom. The van der Waals surface area contributed by atoms with Gasteiger partial charge in [0.25, 0.3) is 0 Å². The van der Waals surface area contributed by atoms with Crippen LogP contribution in [0.5, 0.6) is 0 Å². The summed E-state index contributed by atoms with van der Waals surface area (Å²) in [5.41, 5.74) is 0.422. The van der Waals surface area contributed by atoms with Crippen LogP contribution in [0.25, 0.3) is 0 Å². The first-order chi connectivity index (χ1) is 9.24. The summed E-state index contributed by atoms with van der Waals surface area (Å²) in [6.45, 7) is 4.79. The van der Waals surface area contributed by atoms with Gasteiger partial charge in [-0.2, -0.15) is 0 Å². The third-order valence-electron chi connectivity index (χ3n) is 5.78. The molecule has 0 bridgehead atoms. The lowest BCUT2D eigenvalue weighted by molar-refractivity contribution is -0.0235. The van der Waals surface area contributed by atoms with Crippen molar-refractivity contribution in [2.24, 2.45) is 0 Å². The summed E-state index contributed by atoms with van der Waals surface area (Å²) in [4.78, 5) is 2.78. The Morgan fingerprint density at radius 1 is 1.11 bits per heavy atom. The summed E-state index contributed by atoms with van der Waals surface area (Å²) in [6.07, 6.45) is 11.4. The van der Waals surface area contributed by atoms with Gasteiger partial charge < -0.3 is 10.1 Å². The highest BCUT2D eigenvalue weighted by molar-refractivity contribution is 5.02. The highest BCUT2D eigenvalue weighted by atomic mass is 16.5. The Balaban J connectivity index is 1.71. The van der Waals surface area contributed by atoms with E-state index in [1.807, 2.05) is 7.11 Å². The van der Waals surface area contributed by atoms with Gasteiger partial charge in [-0.15, -0.1) is 0 Å². The van der Waals surface area contributed by atoms with E-state index in [9.17, 15) is 0 Å². The maximum atomic E-state index is 5.74. The number of nitrogens with zero attached hydrogens (tertiary/aromatic N) is 1. The molecule has 3 fully saturated rings. The first kappa shape index (κ1) is 13.8. The molecule has 3 atom stereocenters. The fourth-order valence-electron chi connectivity index (χ4n) is 4.61. The highest BCUT2D eigenvalue weighted by Crippen LogP contribution is 2.36. The monoisotopic (exact) mass is 266 g/mol. The fourth-order valence-corrected chi connectivity index (χ4v) is 4.61. The van der Waals surface area contributed by atoms with Crippen molar-refractivity contribution in [2.45, 2.75) is 82.0 Å². The summed E-state index contributed by atoms with van der Waals surface area (Å²) in [7, 11) is 1.90. The maximum absolute atomic E-state index is 5.74. The number of hydrogen-bond acceptors (Lipinski definition) is 3. The van der Waals surface area contributed by atoms with Gasteiger partial charge in [-0.05, 0) is 39.0 Å². The molecule has 2 aliphatic carbocycles. The van der Waals surface area contributed by atoms with E-state index in [0.29, 0.717) is 23.7 Å². The Bertz CT molecular complexity index is 301. The molecule has 3 nitrogen and oxygen atoms in total. The van der Waals surface area contributed by atoms with Crippen molar-refractivity contribution in [1.29, 1.82) is 0 Å². The van der Waals surface area contributed by atoms with Crippen LogP contribution in [-0.2, 0) is 4.74 Å². The minimum Gasteiger partial charge on any atom is -0.380 e. The van der Waals surface area contributed by atoms with Gasteiger partial charge in [-0.3, -0.25) is 4.90 Å². The second-order valence-corrected chi connectivity index (χ2v) is 7.02. The Labute approximate surface area is 118 Å². The number of hydrogen-bond donors (Lipinski definition) is 1. The van der Waals surface area contributed by atoms with Crippen molar-refractivity contribution in [3.8, 4) is 0 Å². The molecule has 0 aromatic rings. The van der Waals surface area contributed by atoms with E-state index in [1.165, 1.54) is 57.9 Å². The van der Waals surface area contributed by atoms with Crippen LogP contribution in [0.4, 0.5) is 0 Å². The molecular formula is C16H30N2O. The van der Waals surface area contributed by atoms with Crippen molar-refractivity contribution >= 4 is 0 Å². The number of ether oxygens (including phenoxy) is 1. The minimum absolute atomic E-state index is 0.422. The number of rotatable bonds is 2. The number of piperazine rings is 1. The molecule has 0 radical (unpaired) electrons. The van der Waals surface area contributed by atoms with Crippen LogP contribution in [0.3, 0.4) is 0 Å². The van der Waals surface area contributed by atoms with Gasteiger partial charge in [0.15, 0.2) is 0 Å². The smallest absolute Gasteiger partial charge is 0.0726 e. The molecule has 2 saturated carbocycles. The zero-order valence-electron chi connectivity index (χ0n) is 12.7. The first-order valence-electron chi connectivity index (χ1n) is 8.28. The molecule has 3 rings (SSSR count). The molecule has 3 heteroatoms. The van der Waals surface area contributed by atoms with E-state index >= 15 is 0 Å². The molecule has 1 N–H and O–H groups in total.